The van der Waals surface area contributed by atoms with Crippen LogP contribution in [0.1, 0.15) is 33.0 Å². The lowest BCUT2D eigenvalue weighted by atomic mass is 9.49. The van der Waals surface area contributed by atoms with E-state index in [0.29, 0.717) is 5.56 Å². The molecule has 5 N–H and O–H groups in total. The second-order valence-corrected chi connectivity index (χ2v) is 11.3. The Labute approximate surface area is 236 Å². The number of rotatable bonds is 4. The molecule has 0 spiro atoms. The van der Waals surface area contributed by atoms with Crippen molar-refractivity contribution >= 4 is 29.0 Å². The molecule has 1 amide bonds. The molecule has 5 rings (SSSR count). The van der Waals surface area contributed by atoms with Crippen molar-refractivity contribution in [1.82, 2.24) is 4.90 Å². The summed E-state index contributed by atoms with van der Waals surface area (Å²) in [5, 5.41) is 34.2. The van der Waals surface area contributed by atoms with Crippen LogP contribution in [0.3, 0.4) is 0 Å². The number of aromatic hydroxyl groups is 1. The van der Waals surface area contributed by atoms with Gasteiger partial charge in [-0.3, -0.25) is 28.9 Å². The molecule has 2 aromatic rings. The molecule has 2 saturated carbocycles. The van der Waals surface area contributed by atoms with E-state index in [1.54, 1.807) is 0 Å². The predicted octanol–water partition coefficient (Wildman–Crippen LogP) is 0.640. The van der Waals surface area contributed by atoms with E-state index in [1.807, 2.05) is 0 Å². The van der Waals surface area contributed by atoms with Crippen LogP contribution in [0, 0.1) is 23.7 Å². The van der Waals surface area contributed by atoms with Gasteiger partial charge in [-0.15, -0.1) is 0 Å². The van der Waals surface area contributed by atoms with Crippen molar-refractivity contribution in [1.29, 1.82) is 0 Å². The quantitative estimate of drug-likeness (QED) is 0.374. The van der Waals surface area contributed by atoms with E-state index >= 15 is 0 Å². The summed E-state index contributed by atoms with van der Waals surface area (Å²) in [7, 11) is 2.75. The molecular formula is C29H27F3N2O8. The third-order valence-electron chi connectivity index (χ3n) is 8.89. The van der Waals surface area contributed by atoms with Gasteiger partial charge in [0.05, 0.1) is 35.1 Å². The molecule has 13 heteroatoms. The number of likely N-dealkylation sites (N-methyl/N-ethyl adjacent to an activating group) is 1. The fraction of sp³-hybridized carbons (Fsp3) is 0.414. The van der Waals surface area contributed by atoms with Gasteiger partial charge in [-0.05, 0) is 55.8 Å². The number of nitrogens with zero attached hydrogens (tertiary/aromatic N) is 1. The molecule has 0 radical (unpaired) electrons. The Morgan fingerprint density at radius 3 is 2.19 bits per heavy atom. The van der Waals surface area contributed by atoms with Gasteiger partial charge < -0.3 is 21.1 Å². The molecule has 3 aliphatic carbocycles. The second-order valence-electron chi connectivity index (χ2n) is 11.3. The highest BCUT2D eigenvalue weighted by Crippen LogP contribution is 2.55. The molecule has 0 bridgehead atoms. The first-order valence-corrected chi connectivity index (χ1v) is 13.0. The Morgan fingerprint density at radius 1 is 1.02 bits per heavy atom. The van der Waals surface area contributed by atoms with Crippen molar-refractivity contribution in [3.63, 3.8) is 0 Å². The molecule has 3 aliphatic rings. The molecule has 0 saturated heterocycles. The monoisotopic (exact) mass is 588 g/mol. The van der Waals surface area contributed by atoms with Crippen LogP contribution in [-0.4, -0.2) is 81.1 Å². The molecule has 0 heterocycles. The third kappa shape index (κ3) is 4.09. The summed E-state index contributed by atoms with van der Waals surface area (Å²) in [4.78, 5) is 68.1. The first kappa shape index (κ1) is 29.5. The van der Waals surface area contributed by atoms with E-state index in [1.165, 1.54) is 49.3 Å². The number of Topliss-reactive ketones (excluding diaryl/α,β-unsaturated/α-hetero) is 4. The van der Waals surface area contributed by atoms with Gasteiger partial charge >= 0.3 is 6.18 Å². The number of phenols is 1. The van der Waals surface area contributed by atoms with Gasteiger partial charge in [0.1, 0.15) is 5.75 Å². The lowest BCUT2D eigenvalue weighted by Crippen LogP contribution is -2.77. The van der Waals surface area contributed by atoms with E-state index in [-0.39, 0.29) is 17.5 Å². The Morgan fingerprint density at radius 2 is 1.64 bits per heavy atom. The van der Waals surface area contributed by atoms with Crippen LogP contribution in [0.25, 0.3) is 0 Å². The highest BCUT2D eigenvalue weighted by molar-refractivity contribution is 6.32. The summed E-state index contributed by atoms with van der Waals surface area (Å²) >= 11 is 0. The number of aliphatic hydroxyl groups is 2. The van der Waals surface area contributed by atoms with Crippen molar-refractivity contribution in [2.75, 3.05) is 14.1 Å². The zero-order chi connectivity index (χ0) is 31.0. The highest BCUT2D eigenvalue weighted by Gasteiger charge is 2.73. The largest absolute Gasteiger partial charge is 0.507 e. The number of hydrogen-bond donors (Lipinski definition) is 4. The molecule has 10 nitrogen and oxygen atoms in total. The number of aliphatic hydroxyl groups excluding tert-OH is 1. The van der Waals surface area contributed by atoms with Gasteiger partial charge in [-0.1, -0.05) is 24.3 Å². The van der Waals surface area contributed by atoms with Gasteiger partial charge in [0.15, 0.2) is 34.7 Å². The van der Waals surface area contributed by atoms with Gasteiger partial charge in [0.2, 0.25) is 5.91 Å². The van der Waals surface area contributed by atoms with E-state index in [4.69, 9.17) is 5.73 Å². The number of fused-ring (bicyclic) bond motifs is 3. The molecule has 8 atom stereocenters. The van der Waals surface area contributed by atoms with Crippen LogP contribution in [0.4, 0.5) is 13.2 Å². The van der Waals surface area contributed by atoms with Crippen molar-refractivity contribution in [3.05, 3.63) is 64.7 Å². The standard InChI is InChI=1S/C29H27F3N2O8/c1-34(2)21-20-23(37)17-14(10-11-6-8-12(9-7-11)29(30,31)32)13-4-3-5-15(35)16(13)22(36)18(17)25(39)28(20,42)26(40)19(24(21)38)27(33)41/h3-9,14,17-21,23,35,37,42H,10H2,1-2H3,(H2,33,41)/t14?,17-,18?,19?,20-,21+,23+,28+/m1/s1. The zero-order valence-electron chi connectivity index (χ0n) is 22.3. The van der Waals surface area contributed by atoms with Crippen LogP contribution in [0.5, 0.6) is 5.75 Å². The van der Waals surface area contributed by atoms with Crippen LogP contribution < -0.4 is 5.73 Å². The van der Waals surface area contributed by atoms with Gasteiger partial charge in [0.25, 0.3) is 0 Å². The molecule has 2 aromatic carbocycles. The minimum atomic E-state index is -4.60. The minimum absolute atomic E-state index is 0.114. The highest BCUT2D eigenvalue weighted by atomic mass is 19.4. The molecule has 0 aliphatic heterocycles. The van der Waals surface area contributed by atoms with Crippen LogP contribution in [0.15, 0.2) is 42.5 Å². The summed E-state index contributed by atoms with van der Waals surface area (Å²) in [5.74, 6) is -15.1. The Hall–Kier alpha value is -3.94. The molecule has 222 valence electrons. The number of carbonyl (C=O) groups is 5. The lowest BCUT2D eigenvalue weighted by molar-refractivity contribution is -0.197. The lowest BCUT2D eigenvalue weighted by Gasteiger charge is -2.56. The third-order valence-corrected chi connectivity index (χ3v) is 8.89. The topological polar surface area (TPSA) is 175 Å². The first-order chi connectivity index (χ1) is 19.5. The summed E-state index contributed by atoms with van der Waals surface area (Å²) < 4.78 is 39.5. The van der Waals surface area contributed by atoms with Gasteiger partial charge in [-0.25, -0.2) is 0 Å². The van der Waals surface area contributed by atoms with E-state index in [2.05, 4.69) is 0 Å². The van der Waals surface area contributed by atoms with Crippen LogP contribution in [0.2, 0.25) is 0 Å². The summed E-state index contributed by atoms with van der Waals surface area (Å²) in [5.41, 5.74) is 1.48. The molecule has 0 aromatic heterocycles. The summed E-state index contributed by atoms with van der Waals surface area (Å²) in [6.07, 6.45) is -6.58. The number of carbonyl (C=O) groups excluding carboxylic acids is 5. The summed E-state index contributed by atoms with van der Waals surface area (Å²) in [6, 6.07) is 6.66. The number of amides is 1. The predicted molar refractivity (Wildman–Crippen MR) is 137 cm³/mol. The second kappa shape index (κ2) is 9.82. The Balaban J connectivity index is 1.70. The van der Waals surface area contributed by atoms with Crippen molar-refractivity contribution in [2.24, 2.45) is 29.4 Å². The number of nitrogens with two attached hydrogens (primary N) is 1. The average Bonchev–Trinajstić information content (AvgIpc) is 2.89. The molecule has 2 fully saturated rings. The number of halogens is 3. The van der Waals surface area contributed by atoms with Gasteiger partial charge in [-0.2, -0.15) is 13.2 Å². The van der Waals surface area contributed by atoms with Crippen molar-refractivity contribution < 1.29 is 52.5 Å². The van der Waals surface area contributed by atoms with Gasteiger partial charge in [0, 0.05) is 5.92 Å². The maximum atomic E-state index is 14.1. The fourth-order valence-corrected chi connectivity index (χ4v) is 7.09. The normalized spacial score (nSPS) is 32.8. The number of primary amides is 1. The minimum Gasteiger partial charge on any atom is -0.507 e. The van der Waals surface area contributed by atoms with Crippen LogP contribution >= 0.6 is 0 Å². The van der Waals surface area contributed by atoms with E-state index < -0.39 is 93.9 Å². The fourth-order valence-electron chi connectivity index (χ4n) is 7.09. The summed E-state index contributed by atoms with van der Waals surface area (Å²) in [6.45, 7) is 0. The first-order valence-electron chi connectivity index (χ1n) is 13.0. The average molecular weight is 589 g/mol. The number of phenolic OH excluding ortho intramolecular Hbond substituents is 1. The van der Waals surface area contributed by atoms with Crippen LogP contribution in [-0.2, 0) is 31.8 Å². The Kier molecular flexibility index (Phi) is 6.91. The van der Waals surface area contributed by atoms with Crippen molar-refractivity contribution in [2.45, 2.75) is 36.3 Å². The SMILES string of the molecule is CN(C)[C@@H]1C(=O)C(C(N)=O)C(=O)[C@@]2(O)C(=O)C3C(=O)c4c(O)cccc4C(Cc4ccc(C(F)(F)F)cc4)[C@H]3[C@H](O)[C@@H]12. The molecule has 42 heavy (non-hydrogen) atoms. The van der Waals surface area contributed by atoms with E-state index in [9.17, 15) is 52.5 Å². The van der Waals surface area contributed by atoms with E-state index in [0.717, 1.165) is 12.1 Å². The smallest absolute Gasteiger partial charge is 0.416 e. The number of benzene rings is 2. The molecular weight excluding hydrogens is 561 g/mol. The number of hydrogen-bond acceptors (Lipinski definition) is 9. The number of ketones is 4. The molecule has 3 unspecified atom stereocenters. The zero-order valence-corrected chi connectivity index (χ0v) is 22.3. The van der Waals surface area contributed by atoms with Crippen molar-refractivity contribution in [3.8, 4) is 5.75 Å². The maximum Gasteiger partial charge on any atom is 0.416 e. The maximum absolute atomic E-state index is 14.1. The Bertz CT molecular complexity index is 1520. The number of alkyl halides is 3.